The Morgan fingerprint density at radius 1 is 0.714 bits per heavy atom. The lowest BCUT2D eigenvalue weighted by atomic mass is 10.0. The van der Waals surface area contributed by atoms with Gasteiger partial charge in [0, 0.05) is 6.42 Å². The standard InChI is InChI=1S/C27H56NO6P/c1-3-5-7-9-11-13-15-16-18-20-22-26(29)25(24-34-35(31,32)33)28-27(30)23-21-19-17-14-12-10-8-6-4-2/h25-26,29H,3-24H2,1-2H3,(H,28,30)(H2,31,32,33)/t25-,26+/m0/s1. The number of hydrogen-bond donors (Lipinski definition) is 4. The first-order chi connectivity index (χ1) is 16.8. The molecule has 2 atom stereocenters. The van der Waals surface area contributed by atoms with E-state index in [1.807, 2.05) is 0 Å². The second-order valence-corrected chi connectivity index (χ2v) is 11.3. The van der Waals surface area contributed by atoms with Gasteiger partial charge in [-0.25, -0.2) is 4.57 Å². The molecule has 0 aromatic carbocycles. The van der Waals surface area contributed by atoms with Crippen molar-refractivity contribution in [2.75, 3.05) is 6.61 Å². The first-order valence-electron chi connectivity index (χ1n) is 14.5. The van der Waals surface area contributed by atoms with Crippen molar-refractivity contribution in [3.05, 3.63) is 0 Å². The number of rotatable bonds is 26. The maximum absolute atomic E-state index is 12.4. The van der Waals surface area contributed by atoms with Crippen LogP contribution in [0.5, 0.6) is 0 Å². The van der Waals surface area contributed by atoms with Crippen LogP contribution in [0.3, 0.4) is 0 Å². The number of unbranched alkanes of at least 4 members (excludes halogenated alkanes) is 17. The Hall–Kier alpha value is -0.460. The third-order valence-electron chi connectivity index (χ3n) is 6.59. The van der Waals surface area contributed by atoms with Crippen LogP contribution in [0, 0.1) is 0 Å². The summed E-state index contributed by atoms with van der Waals surface area (Å²) in [5.41, 5.74) is 0. The first-order valence-corrected chi connectivity index (χ1v) is 16.0. The molecular weight excluding hydrogens is 465 g/mol. The van der Waals surface area contributed by atoms with Crippen LogP contribution >= 0.6 is 7.82 Å². The van der Waals surface area contributed by atoms with Gasteiger partial charge in [-0.3, -0.25) is 9.32 Å². The van der Waals surface area contributed by atoms with Gasteiger partial charge in [-0.2, -0.15) is 0 Å². The van der Waals surface area contributed by atoms with Crippen LogP contribution in [0.25, 0.3) is 0 Å². The van der Waals surface area contributed by atoms with E-state index in [0.29, 0.717) is 12.8 Å². The van der Waals surface area contributed by atoms with Crippen molar-refractivity contribution in [2.24, 2.45) is 0 Å². The fourth-order valence-electron chi connectivity index (χ4n) is 4.34. The smallest absolute Gasteiger partial charge is 0.391 e. The molecule has 0 unspecified atom stereocenters. The molecule has 4 N–H and O–H groups in total. The summed E-state index contributed by atoms with van der Waals surface area (Å²) in [7, 11) is -4.66. The average Bonchev–Trinajstić information content (AvgIpc) is 2.81. The van der Waals surface area contributed by atoms with Gasteiger partial charge in [-0.15, -0.1) is 0 Å². The van der Waals surface area contributed by atoms with Gasteiger partial charge in [0.05, 0.1) is 18.8 Å². The highest BCUT2D eigenvalue weighted by Crippen LogP contribution is 2.36. The van der Waals surface area contributed by atoms with Crippen LogP contribution in [-0.4, -0.2) is 39.6 Å². The molecule has 0 aliphatic heterocycles. The molecule has 0 radical (unpaired) electrons. The SMILES string of the molecule is CCCCCCCCCCCC[C@@H](O)[C@H](COP(=O)(O)O)NC(=O)CCCCCCCCCCC. The lowest BCUT2D eigenvalue weighted by Crippen LogP contribution is -2.46. The molecule has 1 amide bonds. The van der Waals surface area contributed by atoms with E-state index >= 15 is 0 Å². The second kappa shape index (κ2) is 23.9. The molecule has 0 rings (SSSR count). The van der Waals surface area contributed by atoms with Crippen LogP contribution in [0.1, 0.15) is 149 Å². The van der Waals surface area contributed by atoms with E-state index in [9.17, 15) is 14.5 Å². The molecular formula is C27H56NO6P. The Labute approximate surface area is 215 Å². The fraction of sp³-hybridized carbons (Fsp3) is 0.963. The Bertz CT molecular complexity index is 528. The lowest BCUT2D eigenvalue weighted by Gasteiger charge is -2.24. The Kier molecular flexibility index (Phi) is 23.6. The zero-order chi connectivity index (χ0) is 26.2. The minimum Gasteiger partial charge on any atom is -0.391 e. The summed E-state index contributed by atoms with van der Waals surface area (Å²) in [6, 6.07) is -0.813. The van der Waals surface area contributed by atoms with Crippen LogP contribution in [0.4, 0.5) is 0 Å². The van der Waals surface area contributed by atoms with Crippen LogP contribution < -0.4 is 5.32 Å². The van der Waals surface area contributed by atoms with Gasteiger partial charge in [0.25, 0.3) is 0 Å². The van der Waals surface area contributed by atoms with E-state index in [1.165, 1.54) is 83.5 Å². The summed E-state index contributed by atoms with van der Waals surface area (Å²) in [4.78, 5) is 30.4. The van der Waals surface area contributed by atoms with Crippen molar-refractivity contribution in [1.82, 2.24) is 5.32 Å². The lowest BCUT2D eigenvalue weighted by molar-refractivity contribution is -0.123. The third-order valence-corrected chi connectivity index (χ3v) is 7.08. The summed E-state index contributed by atoms with van der Waals surface area (Å²) in [5, 5.41) is 13.3. The number of carbonyl (C=O) groups is 1. The molecule has 0 aromatic heterocycles. The van der Waals surface area contributed by atoms with Crippen molar-refractivity contribution in [1.29, 1.82) is 0 Å². The van der Waals surface area contributed by atoms with Gasteiger partial charge in [-0.1, -0.05) is 129 Å². The monoisotopic (exact) mass is 521 g/mol. The molecule has 0 spiro atoms. The molecule has 0 saturated carbocycles. The quantitative estimate of drug-likeness (QED) is 0.0708. The maximum Gasteiger partial charge on any atom is 0.469 e. The molecule has 0 saturated heterocycles. The Balaban J connectivity index is 4.12. The van der Waals surface area contributed by atoms with Crippen molar-refractivity contribution in [3.8, 4) is 0 Å². The summed E-state index contributed by atoms with van der Waals surface area (Å²) in [5.74, 6) is -0.200. The maximum atomic E-state index is 12.4. The molecule has 0 aliphatic carbocycles. The van der Waals surface area contributed by atoms with Crippen LogP contribution in [-0.2, 0) is 13.9 Å². The molecule has 0 aromatic rings. The predicted molar refractivity (Wildman–Crippen MR) is 144 cm³/mol. The summed E-state index contributed by atoms with van der Waals surface area (Å²) in [6.45, 7) is 4.04. The normalized spacial score (nSPS) is 13.6. The molecule has 0 bridgehead atoms. The van der Waals surface area contributed by atoms with Crippen LogP contribution in [0.2, 0.25) is 0 Å². The van der Waals surface area contributed by atoms with E-state index < -0.39 is 26.6 Å². The van der Waals surface area contributed by atoms with Gasteiger partial charge in [0.1, 0.15) is 0 Å². The van der Waals surface area contributed by atoms with Gasteiger partial charge in [-0.05, 0) is 12.8 Å². The number of carbonyl (C=O) groups excluding carboxylic acids is 1. The van der Waals surface area contributed by atoms with Crippen molar-refractivity contribution < 1.29 is 28.8 Å². The van der Waals surface area contributed by atoms with Gasteiger partial charge >= 0.3 is 7.82 Å². The van der Waals surface area contributed by atoms with E-state index in [1.54, 1.807) is 0 Å². The van der Waals surface area contributed by atoms with E-state index in [2.05, 4.69) is 23.7 Å². The highest BCUT2D eigenvalue weighted by Gasteiger charge is 2.25. The number of aliphatic hydroxyl groups is 1. The predicted octanol–water partition coefficient (Wildman–Crippen LogP) is 7.17. The molecule has 7 nitrogen and oxygen atoms in total. The number of phosphoric ester groups is 1. The van der Waals surface area contributed by atoms with E-state index in [4.69, 9.17) is 9.79 Å². The van der Waals surface area contributed by atoms with Crippen molar-refractivity contribution in [3.63, 3.8) is 0 Å². The largest absolute Gasteiger partial charge is 0.469 e. The highest BCUT2D eigenvalue weighted by atomic mass is 31.2. The molecule has 8 heteroatoms. The van der Waals surface area contributed by atoms with E-state index in [0.717, 1.165) is 38.5 Å². The molecule has 210 valence electrons. The van der Waals surface area contributed by atoms with Gasteiger partial charge in [0.2, 0.25) is 5.91 Å². The summed E-state index contributed by atoms with van der Waals surface area (Å²) in [6.07, 6.45) is 22.3. The van der Waals surface area contributed by atoms with Gasteiger partial charge < -0.3 is 20.2 Å². The first kappa shape index (κ1) is 34.5. The van der Waals surface area contributed by atoms with Crippen LogP contribution in [0.15, 0.2) is 0 Å². The molecule has 0 fully saturated rings. The molecule has 35 heavy (non-hydrogen) atoms. The highest BCUT2D eigenvalue weighted by molar-refractivity contribution is 7.46. The average molecular weight is 522 g/mol. The number of phosphoric acid groups is 1. The molecule has 0 aliphatic rings. The van der Waals surface area contributed by atoms with Gasteiger partial charge in [0.15, 0.2) is 0 Å². The van der Waals surface area contributed by atoms with Crippen molar-refractivity contribution in [2.45, 2.75) is 161 Å². The Morgan fingerprint density at radius 2 is 1.11 bits per heavy atom. The summed E-state index contributed by atoms with van der Waals surface area (Å²) >= 11 is 0. The number of aliphatic hydroxyl groups excluding tert-OH is 1. The minimum absolute atomic E-state index is 0.200. The summed E-state index contributed by atoms with van der Waals surface area (Å²) < 4.78 is 15.7. The van der Waals surface area contributed by atoms with Crippen molar-refractivity contribution >= 4 is 13.7 Å². The number of nitrogens with one attached hydrogen (secondary N) is 1. The van der Waals surface area contributed by atoms with E-state index in [-0.39, 0.29) is 5.91 Å². The fourth-order valence-corrected chi connectivity index (χ4v) is 4.70. The number of hydrogen-bond acceptors (Lipinski definition) is 4. The molecule has 0 heterocycles. The Morgan fingerprint density at radius 3 is 1.54 bits per heavy atom. The topological polar surface area (TPSA) is 116 Å². The third kappa shape index (κ3) is 25.0. The minimum atomic E-state index is -4.66. The zero-order valence-electron chi connectivity index (χ0n) is 22.7. The zero-order valence-corrected chi connectivity index (χ0v) is 23.6. The number of amides is 1. The second-order valence-electron chi connectivity index (χ2n) is 10.1.